The predicted octanol–water partition coefficient (Wildman–Crippen LogP) is 4.49. The molecule has 3 amide bonds. The van der Waals surface area contributed by atoms with E-state index in [0.717, 1.165) is 6.42 Å². The molecular formula is C25H20Cl2N2O5. The molecule has 7 nitrogen and oxygen atoms in total. The molecule has 2 bridgehead atoms. The minimum absolute atomic E-state index is 0.0947. The van der Waals surface area contributed by atoms with Crippen molar-refractivity contribution in [2.24, 2.45) is 23.7 Å². The maximum absolute atomic E-state index is 13.1. The third kappa shape index (κ3) is 3.79. The van der Waals surface area contributed by atoms with Crippen molar-refractivity contribution in [1.82, 2.24) is 0 Å². The van der Waals surface area contributed by atoms with Gasteiger partial charge in [0.05, 0.1) is 33.8 Å². The van der Waals surface area contributed by atoms with Crippen LogP contribution in [0, 0.1) is 23.7 Å². The fraction of sp³-hybridized carbons (Fsp3) is 0.280. The van der Waals surface area contributed by atoms with Gasteiger partial charge in [0.1, 0.15) is 0 Å². The molecule has 34 heavy (non-hydrogen) atoms. The highest BCUT2D eigenvalue weighted by Gasteiger charge is 2.60. The number of carbonyl (C=O) groups is 4. The Morgan fingerprint density at radius 3 is 2.62 bits per heavy atom. The van der Waals surface area contributed by atoms with Gasteiger partial charge in [-0.2, -0.15) is 0 Å². The summed E-state index contributed by atoms with van der Waals surface area (Å²) >= 11 is 11.9. The third-order valence-electron chi connectivity index (χ3n) is 6.76. The first-order valence-electron chi connectivity index (χ1n) is 10.8. The molecule has 1 saturated heterocycles. The van der Waals surface area contributed by atoms with Crippen LogP contribution in [0.5, 0.6) is 0 Å². The average molecular weight is 499 g/mol. The number of ether oxygens (including phenoxy) is 1. The van der Waals surface area contributed by atoms with E-state index in [1.807, 2.05) is 6.92 Å². The summed E-state index contributed by atoms with van der Waals surface area (Å²) in [4.78, 5) is 52.2. The van der Waals surface area contributed by atoms with Gasteiger partial charge in [-0.15, -0.1) is 0 Å². The molecular weight excluding hydrogens is 479 g/mol. The number of nitrogens with one attached hydrogen (secondary N) is 1. The van der Waals surface area contributed by atoms with Gasteiger partial charge in [-0.05, 0) is 61.6 Å². The smallest absolute Gasteiger partial charge is 0.338 e. The van der Waals surface area contributed by atoms with Crippen molar-refractivity contribution in [2.75, 3.05) is 16.8 Å². The minimum atomic E-state index is -0.754. The molecule has 2 aliphatic carbocycles. The Hall–Kier alpha value is -3.16. The van der Waals surface area contributed by atoms with E-state index in [2.05, 4.69) is 11.4 Å². The van der Waals surface area contributed by atoms with Gasteiger partial charge in [0.25, 0.3) is 5.91 Å². The molecule has 3 aliphatic rings. The number of halogens is 2. The average Bonchev–Trinajstić information content (AvgIpc) is 3.44. The van der Waals surface area contributed by atoms with Crippen LogP contribution in [0.1, 0.15) is 23.7 Å². The minimum Gasteiger partial charge on any atom is -0.452 e. The largest absolute Gasteiger partial charge is 0.452 e. The van der Waals surface area contributed by atoms with Crippen LogP contribution in [0.15, 0.2) is 54.1 Å². The van der Waals surface area contributed by atoms with E-state index >= 15 is 0 Å². The molecule has 0 spiro atoms. The standard InChI is InChI=1S/C25H20Cl2N2O5/c1-12-7-14-9-17(12)22-21(14)23(31)29(24(22)32)16-4-2-3-13(8-16)25(33)34-11-20(30)28-19-6-5-15(26)10-18(19)27/h2-8,10,14,17,21-22H,9,11H2,1H3,(H,28,30)/t14-,17+,21+,22+/m0/s1. The molecule has 174 valence electrons. The highest BCUT2D eigenvalue weighted by atomic mass is 35.5. The van der Waals surface area contributed by atoms with Crippen LogP contribution in [0.25, 0.3) is 0 Å². The van der Waals surface area contributed by atoms with Crippen molar-refractivity contribution in [2.45, 2.75) is 13.3 Å². The highest BCUT2D eigenvalue weighted by molar-refractivity contribution is 6.36. The second-order valence-corrected chi connectivity index (χ2v) is 9.62. The zero-order chi connectivity index (χ0) is 24.1. The number of esters is 1. The van der Waals surface area contributed by atoms with Crippen LogP contribution < -0.4 is 10.2 Å². The first-order chi connectivity index (χ1) is 16.2. The quantitative estimate of drug-likeness (QED) is 0.372. The lowest BCUT2D eigenvalue weighted by Gasteiger charge is -2.19. The fourth-order valence-electron chi connectivity index (χ4n) is 5.29. The van der Waals surface area contributed by atoms with Crippen molar-refractivity contribution < 1.29 is 23.9 Å². The molecule has 1 saturated carbocycles. The van der Waals surface area contributed by atoms with Gasteiger partial charge in [-0.3, -0.25) is 14.4 Å². The summed E-state index contributed by atoms with van der Waals surface area (Å²) in [5.41, 5.74) is 1.97. The summed E-state index contributed by atoms with van der Waals surface area (Å²) in [5.74, 6) is -2.24. The molecule has 0 radical (unpaired) electrons. The topological polar surface area (TPSA) is 92.8 Å². The number of amides is 3. The van der Waals surface area contributed by atoms with Crippen LogP contribution in [0.3, 0.4) is 0 Å². The first kappa shape index (κ1) is 22.6. The second-order valence-electron chi connectivity index (χ2n) is 8.78. The molecule has 2 aromatic carbocycles. The number of anilines is 2. The third-order valence-corrected chi connectivity index (χ3v) is 7.31. The predicted molar refractivity (Wildman–Crippen MR) is 127 cm³/mol. The first-order valence-corrected chi connectivity index (χ1v) is 11.6. The number of nitrogens with zero attached hydrogens (tertiary/aromatic N) is 1. The normalized spacial score (nSPS) is 24.8. The molecule has 1 aliphatic heterocycles. The van der Waals surface area contributed by atoms with Crippen molar-refractivity contribution >= 4 is 58.3 Å². The molecule has 9 heteroatoms. The number of rotatable bonds is 5. The summed E-state index contributed by atoms with van der Waals surface area (Å²) < 4.78 is 5.11. The van der Waals surface area contributed by atoms with Gasteiger partial charge in [0.2, 0.25) is 11.8 Å². The lowest BCUT2D eigenvalue weighted by Crippen LogP contribution is -2.33. The lowest BCUT2D eigenvalue weighted by molar-refractivity contribution is -0.123. The van der Waals surface area contributed by atoms with Gasteiger partial charge in [0, 0.05) is 5.02 Å². The molecule has 4 atom stereocenters. The van der Waals surface area contributed by atoms with Gasteiger partial charge >= 0.3 is 5.97 Å². The van der Waals surface area contributed by atoms with Crippen molar-refractivity contribution in [3.63, 3.8) is 0 Å². The lowest BCUT2D eigenvalue weighted by atomic mass is 9.82. The van der Waals surface area contributed by atoms with Gasteiger partial charge in [-0.25, -0.2) is 9.69 Å². The molecule has 5 rings (SSSR count). The Balaban J connectivity index is 1.25. The molecule has 0 unspecified atom stereocenters. The Kier molecular flexibility index (Phi) is 5.70. The van der Waals surface area contributed by atoms with Crippen LogP contribution in [-0.4, -0.2) is 30.3 Å². The summed E-state index contributed by atoms with van der Waals surface area (Å²) in [7, 11) is 0. The Morgan fingerprint density at radius 1 is 1.09 bits per heavy atom. The summed E-state index contributed by atoms with van der Waals surface area (Å²) in [6.45, 7) is 1.47. The van der Waals surface area contributed by atoms with E-state index in [4.69, 9.17) is 27.9 Å². The van der Waals surface area contributed by atoms with E-state index in [0.29, 0.717) is 16.4 Å². The van der Waals surface area contributed by atoms with Crippen LogP contribution in [0.2, 0.25) is 10.0 Å². The fourth-order valence-corrected chi connectivity index (χ4v) is 5.75. The van der Waals surface area contributed by atoms with Crippen LogP contribution in [0.4, 0.5) is 11.4 Å². The molecule has 1 heterocycles. The van der Waals surface area contributed by atoms with E-state index in [-0.39, 0.29) is 46.1 Å². The van der Waals surface area contributed by atoms with Crippen molar-refractivity contribution in [3.05, 3.63) is 69.7 Å². The van der Waals surface area contributed by atoms with Crippen LogP contribution in [-0.2, 0) is 19.1 Å². The molecule has 0 aromatic heterocycles. The van der Waals surface area contributed by atoms with E-state index in [1.54, 1.807) is 18.2 Å². The number of hydrogen-bond donors (Lipinski definition) is 1. The Bertz CT molecular complexity index is 1270. The SMILES string of the molecule is CC1=C[C@H]2C[C@H]1[C@H]1C(=O)N(c3cccc(C(=O)OCC(=O)Nc4ccc(Cl)cc4Cl)c3)C(=O)[C@@H]12. The molecule has 2 fully saturated rings. The van der Waals surface area contributed by atoms with E-state index in [1.165, 1.54) is 34.7 Å². The van der Waals surface area contributed by atoms with Gasteiger partial charge in [-0.1, -0.05) is 40.9 Å². The number of benzene rings is 2. The molecule has 1 N–H and O–H groups in total. The number of allylic oxidation sites excluding steroid dienone is 2. The highest BCUT2D eigenvalue weighted by Crippen LogP contribution is 2.55. The van der Waals surface area contributed by atoms with Crippen LogP contribution >= 0.6 is 23.2 Å². The summed E-state index contributed by atoms with van der Waals surface area (Å²) in [6.07, 6.45) is 2.96. The van der Waals surface area contributed by atoms with E-state index in [9.17, 15) is 19.2 Å². The number of carbonyl (C=O) groups excluding carboxylic acids is 4. The number of imide groups is 1. The summed E-state index contributed by atoms with van der Waals surface area (Å²) in [6, 6.07) is 10.7. The number of hydrogen-bond acceptors (Lipinski definition) is 5. The summed E-state index contributed by atoms with van der Waals surface area (Å²) in [5, 5.41) is 3.22. The monoisotopic (exact) mass is 498 g/mol. The van der Waals surface area contributed by atoms with E-state index < -0.39 is 18.5 Å². The van der Waals surface area contributed by atoms with Gasteiger partial charge in [0.15, 0.2) is 6.61 Å². The number of fused-ring (bicyclic) bond motifs is 5. The van der Waals surface area contributed by atoms with Crippen molar-refractivity contribution in [1.29, 1.82) is 0 Å². The Labute approximate surface area is 205 Å². The van der Waals surface area contributed by atoms with Crippen molar-refractivity contribution in [3.8, 4) is 0 Å². The second kappa shape index (κ2) is 8.56. The zero-order valence-corrected chi connectivity index (χ0v) is 19.6. The Morgan fingerprint density at radius 2 is 1.85 bits per heavy atom. The zero-order valence-electron chi connectivity index (χ0n) is 18.1. The van der Waals surface area contributed by atoms with Gasteiger partial charge < -0.3 is 10.1 Å². The molecule has 2 aromatic rings. The maximum atomic E-state index is 13.1. The maximum Gasteiger partial charge on any atom is 0.338 e.